The van der Waals surface area contributed by atoms with Gasteiger partial charge in [-0.05, 0) is 85.8 Å². The molecule has 6 atom stereocenters. The van der Waals surface area contributed by atoms with Gasteiger partial charge in [0.1, 0.15) is 0 Å². The van der Waals surface area contributed by atoms with Crippen LogP contribution < -0.4 is 21.3 Å². The highest BCUT2D eigenvalue weighted by atomic mass is 16.2. The molecule has 0 heterocycles. The van der Waals surface area contributed by atoms with Gasteiger partial charge in [-0.25, -0.2) is 9.59 Å². The van der Waals surface area contributed by atoms with Crippen molar-refractivity contribution in [2.75, 3.05) is 23.7 Å². The van der Waals surface area contributed by atoms with Crippen LogP contribution in [-0.4, -0.2) is 25.2 Å². The second kappa shape index (κ2) is 8.40. The first-order valence-corrected chi connectivity index (χ1v) is 11.6. The molecule has 164 valence electrons. The van der Waals surface area contributed by atoms with E-state index in [-0.39, 0.29) is 12.1 Å². The molecule has 0 aromatic heterocycles. The van der Waals surface area contributed by atoms with E-state index in [1.54, 1.807) is 0 Å². The second-order valence-electron chi connectivity index (χ2n) is 9.78. The Balaban J connectivity index is 1.10. The molecule has 6 heteroatoms. The molecule has 0 saturated heterocycles. The summed E-state index contributed by atoms with van der Waals surface area (Å²) in [5.74, 6) is 3.74. The fourth-order valence-corrected chi connectivity index (χ4v) is 5.88. The number of hydrogen-bond acceptors (Lipinski definition) is 2. The number of benzene rings is 1. The topological polar surface area (TPSA) is 82.3 Å². The lowest BCUT2D eigenvalue weighted by Gasteiger charge is -2.19. The Bertz CT molecular complexity index is 924. The minimum absolute atomic E-state index is 0.194. The number of allylic oxidation sites excluding steroid dienone is 4. The summed E-state index contributed by atoms with van der Waals surface area (Å²) < 4.78 is 0. The standard InChI is InChI=1S/C25H32N4O2/c1-15-2-7-22(28-24(30)26-13-20-10-16-3-5-18(20)8-16)12-23(15)29-25(31)27-14-21-11-17-4-6-19(21)9-17/h2-7,12,16-21H,8-11,13-14H2,1H3,(H2,26,28,30)(H2,27,29,31)/t16-,17-,18+,19+,20-,21-/m0/s1. The maximum Gasteiger partial charge on any atom is 0.319 e. The van der Waals surface area contributed by atoms with Crippen molar-refractivity contribution >= 4 is 23.4 Å². The maximum atomic E-state index is 12.4. The summed E-state index contributed by atoms with van der Waals surface area (Å²) in [6.07, 6.45) is 14.1. The third-order valence-electron chi connectivity index (χ3n) is 7.63. The van der Waals surface area contributed by atoms with E-state index in [1.165, 1.54) is 25.7 Å². The number of nitrogens with one attached hydrogen (secondary N) is 4. The van der Waals surface area contributed by atoms with Gasteiger partial charge in [-0.2, -0.15) is 0 Å². The fraction of sp³-hybridized carbons (Fsp3) is 0.520. The Morgan fingerprint density at radius 1 is 0.806 bits per heavy atom. The highest BCUT2D eigenvalue weighted by Gasteiger charge is 2.36. The van der Waals surface area contributed by atoms with Crippen LogP contribution in [0.3, 0.4) is 0 Å². The highest BCUT2D eigenvalue weighted by molar-refractivity contribution is 5.93. The minimum atomic E-state index is -0.199. The van der Waals surface area contributed by atoms with Crippen molar-refractivity contribution in [3.63, 3.8) is 0 Å². The number of carbonyl (C=O) groups is 2. The Morgan fingerprint density at radius 2 is 1.39 bits per heavy atom. The molecular formula is C25H32N4O2. The van der Waals surface area contributed by atoms with Crippen LogP contribution in [-0.2, 0) is 0 Å². The van der Waals surface area contributed by atoms with E-state index in [9.17, 15) is 9.59 Å². The lowest BCUT2D eigenvalue weighted by Crippen LogP contribution is -2.35. The van der Waals surface area contributed by atoms with Gasteiger partial charge >= 0.3 is 12.1 Å². The van der Waals surface area contributed by atoms with Crippen molar-refractivity contribution in [2.45, 2.75) is 32.6 Å². The fourth-order valence-electron chi connectivity index (χ4n) is 5.88. The number of rotatable bonds is 6. The monoisotopic (exact) mass is 420 g/mol. The average Bonchev–Trinajstić information content (AvgIpc) is 3.55. The van der Waals surface area contributed by atoms with Crippen LogP contribution in [0.5, 0.6) is 0 Å². The molecule has 0 radical (unpaired) electrons. The van der Waals surface area contributed by atoms with Gasteiger partial charge in [0.25, 0.3) is 0 Å². The molecule has 1 aromatic carbocycles. The second-order valence-corrected chi connectivity index (χ2v) is 9.78. The molecular weight excluding hydrogens is 388 g/mol. The van der Waals surface area contributed by atoms with Crippen LogP contribution in [0.2, 0.25) is 0 Å². The van der Waals surface area contributed by atoms with E-state index >= 15 is 0 Å². The molecule has 6 nitrogen and oxygen atoms in total. The smallest absolute Gasteiger partial charge is 0.319 e. The van der Waals surface area contributed by atoms with E-state index in [0.29, 0.717) is 60.0 Å². The van der Waals surface area contributed by atoms with Crippen molar-refractivity contribution in [3.8, 4) is 0 Å². The molecule has 0 unspecified atom stereocenters. The van der Waals surface area contributed by atoms with Crippen LogP contribution >= 0.6 is 0 Å². The quantitative estimate of drug-likeness (QED) is 0.505. The Hall–Kier alpha value is -2.76. The molecule has 0 spiro atoms. The van der Waals surface area contributed by atoms with Gasteiger partial charge < -0.3 is 21.3 Å². The summed E-state index contributed by atoms with van der Waals surface area (Å²) in [5.41, 5.74) is 2.34. The van der Waals surface area contributed by atoms with Crippen molar-refractivity contribution in [1.82, 2.24) is 10.6 Å². The Morgan fingerprint density at radius 3 is 1.90 bits per heavy atom. The lowest BCUT2D eigenvalue weighted by atomic mass is 9.94. The SMILES string of the molecule is Cc1ccc(NC(=O)NC[C@@H]2C[C@H]3C=C[C@@H]2C3)cc1NC(=O)NC[C@@H]1C[C@H]2C=C[C@@H]1C2. The van der Waals surface area contributed by atoms with Gasteiger partial charge in [0.05, 0.1) is 0 Å². The van der Waals surface area contributed by atoms with Crippen LogP contribution in [0.25, 0.3) is 0 Å². The van der Waals surface area contributed by atoms with E-state index in [2.05, 4.69) is 45.6 Å². The molecule has 31 heavy (non-hydrogen) atoms. The molecule has 4 bridgehead atoms. The van der Waals surface area contributed by atoms with Crippen molar-refractivity contribution < 1.29 is 9.59 Å². The van der Waals surface area contributed by atoms with E-state index in [1.807, 2.05) is 25.1 Å². The zero-order valence-electron chi connectivity index (χ0n) is 18.1. The molecule has 4 N–H and O–H groups in total. The van der Waals surface area contributed by atoms with Gasteiger partial charge in [-0.1, -0.05) is 30.4 Å². The van der Waals surface area contributed by atoms with E-state index in [4.69, 9.17) is 0 Å². The third kappa shape index (κ3) is 4.48. The summed E-state index contributed by atoms with van der Waals surface area (Å²) in [6.45, 7) is 3.35. The molecule has 2 fully saturated rings. The van der Waals surface area contributed by atoms with E-state index in [0.717, 1.165) is 5.56 Å². The van der Waals surface area contributed by atoms with E-state index < -0.39 is 0 Å². The summed E-state index contributed by atoms with van der Waals surface area (Å²) in [4.78, 5) is 24.8. The zero-order valence-corrected chi connectivity index (χ0v) is 18.1. The van der Waals surface area contributed by atoms with Crippen LogP contribution in [0.4, 0.5) is 21.0 Å². The zero-order chi connectivity index (χ0) is 21.4. The first-order chi connectivity index (χ1) is 15.0. The van der Waals surface area contributed by atoms with Gasteiger partial charge in [0.2, 0.25) is 0 Å². The van der Waals surface area contributed by atoms with Crippen LogP contribution in [0.15, 0.2) is 42.5 Å². The van der Waals surface area contributed by atoms with Gasteiger partial charge in [-0.15, -0.1) is 0 Å². The maximum absolute atomic E-state index is 12.4. The van der Waals surface area contributed by atoms with Gasteiger partial charge in [-0.3, -0.25) is 0 Å². The normalized spacial score (nSPS) is 31.8. The Labute approximate surface area is 183 Å². The predicted molar refractivity (Wildman–Crippen MR) is 123 cm³/mol. The van der Waals surface area contributed by atoms with Crippen molar-refractivity contribution in [1.29, 1.82) is 0 Å². The molecule has 4 amide bonds. The summed E-state index contributed by atoms with van der Waals surface area (Å²) in [7, 11) is 0. The number of fused-ring (bicyclic) bond motifs is 4. The van der Waals surface area contributed by atoms with Gasteiger partial charge in [0, 0.05) is 24.5 Å². The molecule has 4 aliphatic rings. The summed E-state index contributed by atoms with van der Waals surface area (Å²) >= 11 is 0. The highest BCUT2D eigenvalue weighted by Crippen LogP contribution is 2.43. The lowest BCUT2D eigenvalue weighted by molar-refractivity contribution is 0.248. The number of aryl methyl sites for hydroxylation is 1. The van der Waals surface area contributed by atoms with Crippen molar-refractivity contribution in [3.05, 3.63) is 48.1 Å². The van der Waals surface area contributed by atoms with Crippen LogP contribution in [0, 0.1) is 42.4 Å². The number of carbonyl (C=O) groups excluding carboxylic acids is 2. The summed E-state index contributed by atoms with van der Waals surface area (Å²) in [5, 5.41) is 11.9. The number of urea groups is 2. The summed E-state index contributed by atoms with van der Waals surface area (Å²) in [6, 6.07) is 5.19. The minimum Gasteiger partial charge on any atom is -0.338 e. The molecule has 5 rings (SSSR count). The molecule has 0 aliphatic heterocycles. The number of anilines is 2. The van der Waals surface area contributed by atoms with Crippen LogP contribution in [0.1, 0.15) is 31.2 Å². The first-order valence-electron chi connectivity index (χ1n) is 11.6. The average molecular weight is 421 g/mol. The first kappa shape index (κ1) is 20.2. The molecule has 1 aromatic rings. The molecule has 2 saturated carbocycles. The number of hydrogen-bond donors (Lipinski definition) is 4. The third-order valence-corrected chi connectivity index (χ3v) is 7.63. The molecule has 4 aliphatic carbocycles. The predicted octanol–water partition coefficient (Wildman–Crippen LogP) is 4.66. The number of amides is 4. The van der Waals surface area contributed by atoms with Gasteiger partial charge in [0.15, 0.2) is 0 Å². The van der Waals surface area contributed by atoms with Crippen molar-refractivity contribution in [2.24, 2.45) is 35.5 Å². The Kier molecular flexibility index (Phi) is 5.47. The largest absolute Gasteiger partial charge is 0.338 e.